The minimum absolute atomic E-state index is 0.0584. The van der Waals surface area contributed by atoms with E-state index in [-0.39, 0.29) is 35.4 Å². The standard InChI is InChI=1S/C27H30F3N7O3S/c1-16-8-20(27(28,29)30)12-21(9-16)33-26-32-13-19-14-36(15-23(19)34-26)22-5-7-37(17(2)10-22)25(38)18-4-6-31-24(11-18)35-41(3,39)40/h4,6,8-9,11-13,17,22H,5,7,10,14-15H2,1-3H3,(H,31,35)(H,32,33,34)/t17-,22-/m1/s1. The van der Waals surface area contributed by atoms with Crippen molar-refractivity contribution in [2.45, 2.75) is 58.0 Å². The van der Waals surface area contributed by atoms with Crippen LogP contribution in [0.25, 0.3) is 0 Å². The smallest absolute Gasteiger partial charge is 0.336 e. The van der Waals surface area contributed by atoms with Crippen molar-refractivity contribution in [1.82, 2.24) is 24.8 Å². The second kappa shape index (κ2) is 10.9. The molecule has 0 radical (unpaired) electrons. The van der Waals surface area contributed by atoms with Gasteiger partial charge in [0.05, 0.1) is 17.5 Å². The molecule has 2 aliphatic rings. The van der Waals surface area contributed by atoms with Crippen molar-refractivity contribution in [3.05, 3.63) is 70.7 Å². The molecule has 14 heteroatoms. The minimum atomic E-state index is -4.45. The molecular formula is C27H30F3N7O3S. The Labute approximate surface area is 236 Å². The Bertz CT molecular complexity index is 1580. The molecule has 1 aromatic carbocycles. The van der Waals surface area contributed by atoms with Crippen molar-refractivity contribution in [3.8, 4) is 0 Å². The average Bonchev–Trinajstić information content (AvgIpc) is 3.30. The number of aryl methyl sites for hydroxylation is 1. The molecular weight excluding hydrogens is 559 g/mol. The van der Waals surface area contributed by atoms with Crippen LogP contribution in [0.4, 0.5) is 30.6 Å². The summed E-state index contributed by atoms with van der Waals surface area (Å²) in [6.07, 6.45) is 1.16. The zero-order chi connectivity index (χ0) is 29.5. The zero-order valence-electron chi connectivity index (χ0n) is 22.7. The summed E-state index contributed by atoms with van der Waals surface area (Å²) >= 11 is 0. The summed E-state index contributed by atoms with van der Waals surface area (Å²) in [5.74, 6) is 0.139. The van der Waals surface area contributed by atoms with Crippen molar-refractivity contribution in [3.63, 3.8) is 0 Å². The van der Waals surface area contributed by atoms with E-state index in [0.29, 0.717) is 30.8 Å². The van der Waals surface area contributed by atoms with Gasteiger partial charge in [0, 0.05) is 60.9 Å². The number of fused-ring (bicyclic) bond motifs is 1. The first kappa shape index (κ1) is 28.7. The number of hydrogen-bond donors (Lipinski definition) is 2. The Hall–Kier alpha value is -3.78. The Kier molecular flexibility index (Phi) is 7.64. The number of halogens is 3. The van der Waals surface area contributed by atoms with E-state index in [2.05, 4.69) is 29.9 Å². The van der Waals surface area contributed by atoms with E-state index in [9.17, 15) is 26.4 Å². The first-order valence-corrected chi connectivity index (χ1v) is 14.9. The number of nitrogens with one attached hydrogen (secondary N) is 2. The van der Waals surface area contributed by atoms with Gasteiger partial charge >= 0.3 is 6.18 Å². The summed E-state index contributed by atoms with van der Waals surface area (Å²) < 4.78 is 65.1. The summed E-state index contributed by atoms with van der Waals surface area (Å²) in [6.45, 7) is 5.34. The van der Waals surface area contributed by atoms with E-state index in [4.69, 9.17) is 0 Å². The van der Waals surface area contributed by atoms with Crippen LogP contribution in [0.3, 0.4) is 0 Å². The first-order valence-electron chi connectivity index (χ1n) is 13.0. The number of carbonyl (C=O) groups is 1. The fourth-order valence-electron chi connectivity index (χ4n) is 5.40. The molecule has 1 saturated heterocycles. The number of alkyl halides is 3. The lowest BCUT2D eigenvalue weighted by atomic mass is 9.96. The van der Waals surface area contributed by atoms with Gasteiger partial charge in [0.2, 0.25) is 16.0 Å². The van der Waals surface area contributed by atoms with E-state index < -0.39 is 21.8 Å². The number of hydrogen-bond acceptors (Lipinski definition) is 8. The third kappa shape index (κ3) is 6.76. The number of piperidine rings is 1. The van der Waals surface area contributed by atoms with E-state index in [1.165, 1.54) is 12.3 Å². The maximum absolute atomic E-state index is 13.2. The third-order valence-corrected chi connectivity index (χ3v) is 7.84. The number of anilines is 3. The Morgan fingerprint density at radius 2 is 1.90 bits per heavy atom. The molecule has 1 amide bonds. The highest BCUT2D eigenvalue weighted by Crippen LogP contribution is 2.33. The predicted molar refractivity (Wildman–Crippen MR) is 147 cm³/mol. The van der Waals surface area contributed by atoms with E-state index in [0.717, 1.165) is 42.5 Å². The minimum Gasteiger partial charge on any atom is -0.336 e. The monoisotopic (exact) mass is 589 g/mol. The summed E-state index contributed by atoms with van der Waals surface area (Å²) in [7, 11) is -3.52. The van der Waals surface area contributed by atoms with Crippen LogP contribution < -0.4 is 10.0 Å². The van der Waals surface area contributed by atoms with Crippen molar-refractivity contribution in [1.29, 1.82) is 0 Å². The lowest BCUT2D eigenvalue weighted by Gasteiger charge is -2.41. The van der Waals surface area contributed by atoms with E-state index >= 15 is 0 Å². The van der Waals surface area contributed by atoms with Crippen LogP contribution in [-0.4, -0.2) is 64.0 Å². The number of sulfonamides is 1. The average molecular weight is 590 g/mol. The van der Waals surface area contributed by atoms with Gasteiger partial charge in [-0.3, -0.25) is 14.4 Å². The summed E-state index contributed by atoms with van der Waals surface area (Å²) in [4.78, 5) is 30.2. The SMILES string of the molecule is Cc1cc(Nc2ncc3c(n2)CN([C@@H]2CCN(C(=O)c4ccnc(NS(C)(=O)=O)c4)[C@H](C)C2)C3)cc(C(F)(F)F)c1. The van der Waals surface area contributed by atoms with Crippen LogP contribution >= 0.6 is 0 Å². The van der Waals surface area contributed by atoms with Crippen molar-refractivity contribution in [2.24, 2.45) is 0 Å². The lowest BCUT2D eigenvalue weighted by Crippen LogP contribution is -2.50. The van der Waals surface area contributed by atoms with Gasteiger partial charge in [-0.05, 0) is 62.6 Å². The summed E-state index contributed by atoms with van der Waals surface area (Å²) in [5.41, 5.74) is 2.15. The molecule has 1 fully saturated rings. The second-order valence-electron chi connectivity index (χ2n) is 10.6. The summed E-state index contributed by atoms with van der Waals surface area (Å²) in [6, 6.07) is 6.89. The molecule has 218 valence electrons. The van der Waals surface area contributed by atoms with Gasteiger partial charge in [-0.15, -0.1) is 0 Å². The number of pyridine rings is 1. The number of likely N-dealkylation sites (tertiary alicyclic amines) is 1. The quantitative estimate of drug-likeness (QED) is 0.436. The molecule has 0 unspecified atom stereocenters. The topological polar surface area (TPSA) is 120 Å². The van der Waals surface area contributed by atoms with Crippen molar-refractivity contribution in [2.75, 3.05) is 22.8 Å². The normalized spacial score (nSPS) is 19.6. The molecule has 2 N–H and O–H groups in total. The zero-order valence-corrected chi connectivity index (χ0v) is 23.6. The number of nitrogens with zero attached hydrogens (tertiary/aromatic N) is 5. The fraction of sp³-hybridized carbons (Fsp3) is 0.407. The predicted octanol–water partition coefficient (Wildman–Crippen LogP) is 4.32. The molecule has 5 rings (SSSR count). The highest BCUT2D eigenvalue weighted by atomic mass is 32.2. The molecule has 2 aromatic heterocycles. The van der Waals surface area contributed by atoms with Crippen LogP contribution in [0.2, 0.25) is 0 Å². The Morgan fingerprint density at radius 3 is 2.61 bits per heavy atom. The number of amides is 1. The number of benzene rings is 1. The molecule has 2 aliphatic heterocycles. The first-order chi connectivity index (χ1) is 19.2. The van der Waals surface area contributed by atoms with E-state index in [1.54, 1.807) is 30.2 Å². The van der Waals surface area contributed by atoms with Gasteiger partial charge in [0.1, 0.15) is 5.82 Å². The van der Waals surface area contributed by atoms with Crippen molar-refractivity contribution < 1.29 is 26.4 Å². The highest BCUT2D eigenvalue weighted by molar-refractivity contribution is 7.92. The molecule has 10 nitrogen and oxygen atoms in total. The van der Waals surface area contributed by atoms with Gasteiger partial charge in [0.15, 0.2) is 0 Å². The number of rotatable bonds is 6. The molecule has 2 atom stereocenters. The Morgan fingerprint density at radius 1 is 1.12 bits per heavy atom. The molecule has 0 spiro atoms. The molecule has 4 heterocycles. The number of aromatic nitrogens is 3. The molecule has 0 aliphatic carbocycles. The number of carbonyl (C=O) groups excluding carboxylic acids is 1. The summed E-state index contributed by atoms with van der Waals surface area (Å²) in [5, 5.41) is 2.91. The lowest BCUT2D eigenvalue weighted by molar-refractivity contribution is -0.137. The van der Waals surface area contributed by atoms with Gasteiger partial charge in [-0.1, -0.05) is 0 Å². The van der Waals surface area contributed by atoms with Gasteiger partial charge in [-0.2, -0.15) is 13.2 Å². The van der Waals surface area contributed by atoms with Gasteiger partial charge < -0.3 is 10.2 Å². The van der Waals surface area contributed by atoms with Crippen LogP contribution in [0.5, 0.6) is 0 Å². The molecule has 0 bridgehead atoms. The maximum Gasteiger partial charge on any atom is 0.416 e. The molecule has 3 aromatic rings. The maximum atomic E-state index is 13.2. The largest absolute Gasteiger partial charge is 0.416 e. The van der Waals surface area contributed by atoms with Crippen LogP contribution in [0.1, 0.15) is 52.5 Å². The van der Waals surface area contributed by atoms with Crippen LogP contribution in [-0.2, 0) is 29.3 Å². The molecule has 41 heavy (non-hydrogen) atoms. The van der Waals surface area contributed by atoms with Crippen molar-refractivity contribution >= 4 is 33.4 Å². The Balaban J connectivity index is 1.22. The fourth-order valence-corrected chi connectivity index (χ4v) is 5.89. The van der Waals surface area contributed by atoms with Crippen LogP contribution in [0, 0.1) is 6.92 Å². The van der Waals surface area contributed by atoms with Crippen LogP contribution in [0.15, 0.2) is 42.7 Å². The van der Waals surface area contributed by atoms with E-state index in [1.807, 2.05) is 6.92 Å². The molecule has 0 saturated carbocycles. The third-order valence-electron chi connectivity index (χ3n) is 7.26. The highest BCUT2D eigenvalue weighted by Gasteiger charge is 2.35. The van der Waals surface area contributed by atoms with Gasteiger partial charge in [0.25, 0.3) is 5.91 Å². The second-order valence-corrected chi connectivity index (χ2v) is 12.4. The van der Waals surface area contributed by atoms with Gasteiger partial charge in [-0.25, -0.2) is 23.4 Å².